The summed E-state index contributed by atoms with van der Waals surface area (Å²) in [6.07, 6.45) is -1.34. The Hall–Kier alpha value is -4.58. The summed E-state index contributed by atoms with van der Waals surface area (Å²) >= 11 is 0. The molecule has 0 bridgehead atoms. The van der Waals surface area contributed by atoms with E-state index in [0.29, 0.717) is 23.7 Å². The van der Waals surface area contributed by atoms with E-state index in [0.717, 1.165) is 14.7 Å². The predicted octanol–water partition coefficient (Wildman–Crippen LogP) is 8.67. The minimum absolute atomic E-state index is 0.176. The summed E-state index contributed by atoms with van der Waals surface area (Å²) in [6, 6.07) is 22.5. The fraction of sp³-hybridized carbons (Fsp3) is 0.432. The van der Waals surface area contributed by atoms with Crippen molar-refractivity contribution < 1.29 is 52.3 Å². The highest BCUT2D eigenvalue weighted by Gasteiger charge is 2.29. The summed E-state index contributed by atoms with van der Waals surface area (Å²) in [5, 5.41) is 0. The first-order valence-electron chi connectivity index (χ1n) is 15.7. The Kier molecular flexibility index (Phi) is 13.6. The third-order valence-electron chi connectivity index (χ3n) is 5.88. The van der Waals surface area contributed by atoms with Gasteiger partial charge in [-0.2, -0.15) is 0 Å². The normalized spacial score (nSPS) is 11.7. The van der Waals surface area contributed by atoms with Crippen LogP contribution in [-0.2, 0) is 39.4 Å². The van der Waals surface area contributed by atoms with Gasteiger partial charge in [-0.1, -0.05) is 20.8 Å². The Morgan fingerprint density at radius 2 is 0.796 bits per heavy atom. The second-order valence-corrected chi connectivity index (χ2v) is 16.0. The summed E-state index contributed by atoms with van der Waals surface area (Å²) in [5.74, 6) is 1.25. The van der Waals surface area contributed by atoms with Crippen molar-refractivity contribution in [2.75, 3.05) is 20.4 Å². The van der Waals surface area contributed by atoms with Gasteiger partial charge in [0.2, 0.25) is 20.4 Å². The molecule has 0 aliphatic carbocycles. The monoisotopic (exact) mass is 699 g/mol. The quantitative estimate of drug-likeness (QED) is 0.0736. The van der Waals surface area contributed by atoms with Crippen LogP contribution in [0.5, 0.6) is 17.2 Å². The number of ether oxygens (including phenoxy) is 8. The number of carbonyl (C=O) groups is 3. The molecular formula is C37H47O11S+. The number of esters is 1. The van der Waals surface area contributed by atoms with Gasteiger partial charge in [0, 0.05) is 0 Å². The van der Waals surface area contributed by atoms with Crippen molar-refractivity contribution in [1.29, 1.82) is 0 Å². The zero-order chi connectivity index (χ0) is 36.2. The van der Waals surface area contributed by atoms with E-state index in [2.05, 4.69) is 0 Å². The number of rotatable bonds is 13. The summed E-state index contributed by atoms with van der Waals surface area (Å²) in [6.45, 7) is 15.6. The summed E-state index contributed by atoms with van der Waals surface area (Å²) < 4.78 is 42.4. The number of hydrogen-bond acceptors (Lipinski definition) is 11. The maximum absolute atomic E-state index is 12.1. The highest BCUT2D eigenvalue weighted by molar-refractivity contribution is 7.97. The first-order valence-corrected chi connectivity index (χ1v) is 16.9. The van der Waals surface area contributed by atoms with E-state index in [1.807, 2.05) is 69.3 Å². The molecule has 3 rings (SSSR count). The zero-order valence-electron chi connectivity index (χ0n) is 29.7. The fourth-order valence-corrected chi connectivity index (χ4v) is 5.96. The molecule has 0 aliphatic heterocycles. The van der Waals surface area contributed by atoms with Gasteiger partial charge >= 0.3 is 18.3 Å². The number of benzene rings is 3. The van der Waals surface area contributed by atoms with Gasteiger partial charge in [-0.05, 0) is 120 Å². The van der Waals surface area contributed by atoms with Crippen LogP contribution in [0, 0.1) is 5.41 Å². The van der Waals surface area contributed by atoms with Crippen molar-refractivity contribution in [3.8, 4) is 17.2 Å². The van der Waals surface area contributed by atoms with Gasteiger partial charge < -0.3 is 37.9 Å². The summed E-state index contributed by atoms with van der Waals surface area (Å²) in [5.41, 5.74) is -1.52. The molecule has 0 N–H and O–H groups in total. The number of carbonyl (C=O) groups excluding carboxylic acids is 3. The van der Waals surface area contributed by atoms with Crippen LogP contribution in [0.2, 0.25) is 0 Å². The van der Waals surface area contributed by atoms with Crippen LogP contribution in [0.1, 0.15) is 68.7 Å². The minimum atomic E-state index is -0.815. The molecule has 3 aromatic rings. The first-order chi connectivity index (χ1) is 22.9. The molecule has 0 saturated carbocycles. The van der Waals surface area contributed by atoms with Crippen LogP contribution in [-0.4, -0.2) is 49.9 Å². The first kappa shape index (κ1) is 38.9. The van der Waals surface area contributed by atoms with Gasteiger partial charge in [0.05, 0.1) is 17.3 Å². The lowest BCUT2D eigenvalue weighted by molar-refractivity contribution is -0.152. The molecular weight excluding hydrogens is 652 g/mol. The maximum atomic E-state index is 12.1. The van der Waals surface area contributed by atoms with Crippen molar-refractivity contribution >= 4 is 29.2 Å². The third-order valence-corrected chi connectivity index (χ3v) is 8.11. The molecule has 0 spiro atoms. The van der Waals surface area contributed by atoms with Crippen LogP contribution >= 0.6 is 0 Å². The summed E-state index contributed by atoms with van der Waals surface area (Å²) in [4.78, 5) is 38.7. The molecule has 0 radical (unpaired) electrons. The lowest BCUT2D eigenvalue weighted by Gasteiger charge is -2.18. The van der Waals surface area contributed by atoms with E-state index in [1.165, 1.54) is 0 Å². The lowest BCUT2D eigenvalue weighted by atomic mass is 9.93. The largest absolute Gasteiger partial charge is 0.511 e. The van der Waals surface area contributed by atoms with Crippen molar-refractivity contribution in [3.63, 3.8) is 0 Å². The molecule has 0 aliphatic rings. The Morgan fingerprint density at radius 1 is 0.490 bits per heavy atom. The van der Waals surface area contributed by atoms with E-state index in [4.69, 9.17) is 37.9 Å². The fourth-order valence-electron chi connectivity index (χ4n) is 3.92. The smallest absolute Gasteiger partial charge is 0.457 e. The molecule has 0 atom stereocenters. The highest BCUT2D eigenvalue weighted by Crippen LogP contribution is 2.34. The summed E-state index contributed by atoms with van der Waals surface area (Å²) in [7, 11) is -0.576. The predicted molar refractivity (Wildman–Crippen MR) is 183 cm³/mol. The average Bonchev–Trinajstić information content (AvgIpc) is 2.97. The lowest BCUT2D eigenvalue weighted by Crippen LogP contribution is -2.25. The van der Waals surface area contributed by atoms with Crippen molar-refractivity contribution in [2.24, 2.45) is 5.41 Å². The average molecular weight is 700 g/mol. The second-order valence-electron chi connectivity index (χ2n) is 14.0. The third kappa shape index (κ3) is 15.0. The van der Waals surface area contributed by atoms with Crippen LogP contribution in [0.4, 0.5) is 9.59 Å². The molecule has 12 heteroatoms. The Labute approximate surface area is 291 Å². The van der Waals surface area contributed by atoms with E-state index in [1.54, 1.807) is 65.8 Å². The van der Waals surface area contributed by atoms with Gasteiger partial charge in [-0.3, -0.25) is 4.79 Å². The van der Waals surface area contributed by atoms with E-state index >= 15 is 0 Å². The standard InChI is InChI=1S/C37H47O11S/c1-35(2,3)22-32(38)44-23-41-26-10-16-29(17-11-26)49(30-18-12-27(13-19-30)42-24-45-33(39)47-36(4,5)6)31-20-14-28(15-21-31)43-25-46-34(40)48-37(7,8)9/h10-21H,22-25H2,1-9H3/q+1. The molecule has 0 heterocycles. The van der Waals surface area contributed by atoms with Crippen LogP contribution in [0.15, 0.2) is 87.5 Å². The van der Waals surface area contributed by atoms with Crippen LogP contribution < -0.4 is 14.2 Å². The van der Waals surface area contributed by atoms with E-state index in [9.17, 15) is 14.4 Å². The minimum Gasteiger partial charge on any atom is -0.457 e. The van der Waals surface area contributed by atoms with Crippen molar-refractivity contribution in [2.45, 2.75) is 94.6 Å². The van der Waals surface area contributed by atoms with Gasteiger partial charge in [0.15, 0.2) is 14.7 Å². The zero-order valence-corrected chi connectivity index (χ0v) is 30.5. The highest BCUT2D eigenvalue weighted by atomic mass is 32.2. The molecule has 0 saturated heterocycles. The molecule has 11 nitrogen and oxygen atoms in total. The Morgan fingerprint density at radius 3 is 1.08 bits per heavy atom. The molecule has 0 unspecified atom stereocenters. The van der Waals surface area contributed by atoms with Gasteiger partial charge in [0.1, 0.15) is 28.5 Å². The van der Waals surface area contributed by atoms with Crippen molar-refractivity contribution in [3.05, 3.63) is 72.8 Å². The van der Waals surface area contributed by atoms with Gasteiger partial charge in [-0.15, -0.1) is 0 Å². The SMILES string of the molecule is CC(C)(C)CC(=O)OCOc1ccc([S+](c2ccc(OCOC(=O)OC(C)(C)C)cc2)c2ccc(OCOC(=O)OC(C)(C)C)cc2)cc1. The molecule has 266 valence electrons. The van der Waals surface area contributed by atoms with Gasteiger partial charge in [0.25, 0.3) is 0 Å². The topological polar surface area (TPSA) is 125 Å². The van der Waals surface area contributed by atoms with E-state index in [-0.39, 0.29) is 31.8 Å². The number of hydrogen-bond donors (Lipinski definition) is 0. The maximum Gasteiger partial charge on any atom is 0.511 e. The molecule has 3 aromatic carbocycles. The second kappa shape index (κ2) is 17.2. The molecule has 0 amide bonds. The van der Waals surface area contributed by atoms with Gasteiger partial charge in [-0.25, -0.2) is 9.59 Å². The van der Waals surface area contributed by atoms with Crippen LogP contribution in [0.25, 0.3) is 0 Å². The Bertz CT molecular complexity index is 1310. The molecule has 0 aromatic heterocycles. The van der Waals surface area contributed by atoms with Crippen molar-refractivity contribution in [1.82, 2.24) is 0 Å². The van der Waals surface area contributed by atoms with E-state index < -0.39 is 34.4 Å². The Balaban J connectivity index is 1.73. The van der Waals surface area contributed by atoms with Crippen LogP contribution in [0.3, 0.4) is 0 Å². The molecule has 0 fully saturated rings. The molecule has 49 heavy (non-hydrogen) atoms.